The second-order valence-corrected chi connectivity index (χ2v) is 5.28. The topological polar surface area (TPSA) is 82.3 Å². The van der Waals surface area contributed by atoms with E-state index in [9.17, 15) is 0 Å². The molecular formula is C13H14BrClN4O2. The Hall–Kier alpha value is -1.41. The van der Waals surface area contributed by atoms with E-state index < -0.39 is 6.04 Å². The standard InChI is InChI=1S/C13H14BrClN4O2/c1-20-9-6-17-12(13(18-9)21-2)11(19-16)7-4-3-5-8(14)10(7)15/h3-6,11,19H,16H2,1-2H3. The first-order valence-electron chi connectivity index (χ1n) is 5.97. The van der Waals surface area contributed by atoms with Gasteiger partial charge in [-0.15, -0.1) is 0 Å². The lowest BCUT2D eigenvalue weighted by Gasteiger charge is -2.19. The number of methoxy groups -OCH3 is 2. The van der Waals surface area contributed by atoms with Gasteiger partial charge in [-0.1, -0.05) is 23.7 Å². The van der Waals surface area contributed by atoms with Crippen LogP contribution in [0.5, 0.6) is 11.8 Å². The molecule has 0 spiro atoms. The van der Waals surface area contributed by atoms with Crippen molar-refractivity contribution in [3.05, 3.63) is 45.1 Å². The minimum atomic E-state index is -0.469. The van der Waals surface area contributed by atoms with Crippen molar-refractivity contribution >= 4 is 27.5 Å². The molecule has 0 bridgehead atoms. The Labute approximate surface area is 135 Å². The lowest BCUT2D eigenvalue weighted by Crippen LogP contribution is -2.30. The van der Waals surface area contributed by atoms with E-state index in [0.717, 1.165) is 10.0 Å². The van der Waals surface area contributed by atoms with E-state index in [0.29, 0.717) is 22.5 Å². The largest absolute Gasteiger partial charge is 0.480 e. The summed E-state index contributed by atoms with van der Waals surface area (Å²) in [5.41, 5.74) is 3.96. The van der Waals surface area contributed by atoms with E-state index in [-0.39, 0.29) is 0 Å². The Morgan fingerprint density at radius 2 is 2.10 bits per heavy atom. The molecular weight excluding hydrogens is 360 g/mol. The van der Waals surface area contributed by atoms with Gasteiger partial charge in [-0.3, -0.25) is 5.84 Å². The number of hydrogen-bond acceptors (Lipinski definition) is 6. The number of hydrogen-bond donors (Lipinski definition) is 2. The zero-order chi connectivity index (χ0) is 15.4. The molecule has 2 aromatic rings. The van der Waals surface area contributed by atoms with E-state index in [1.54, 1.807) is 0 Å². The van der Waals surface area contributed by atoms with Gasteiger partial charge in [0.15, 0.2) is 0 Å². The van der Waals surface area contributed by atoms with Crippen LogP contribution in [-0.4, -0.2) is 24.2 Å². The van der Waals surface area contributed by atoms with Crippen molar-refractivity contribution in [2.24, 2.45) is 5.84 Å². The van der Waals surface area contributed by atoms with Gasteiger partial charge in [-0.2, -0.15) is 4.98 Å². The van der Waals surface area contributed by atoms with Crippen LogP contribution < -0.4 is 20.7 Å². The van der Waals surface area contributed by atoms with Crippen molar-refractivity contribution in [1.82, 2.24) is 15.4 Å². The van der Waals surface area contributed by atoms with E-state index >= 15 is 0 Å². The summed E-state index contributed by atoms with van der Waals surface area (Å²) in [6.45, 7) is 0. The molecule has 1 aromatic heterocycles. The molecule has 0 amide bonds. The van der Waals surface area contributed by atoms with Gasteiger partial charge < -0.3 is 9.47 Å². The maximum Gasteiger partial charge on any atom is 0.240 e. The predicted molar refractivity (Wildman–Crippen MR) is 83.5 cm³/mol. The quantitative estimate of drug-likeness (QED) is 0.619. The molecule has 1 atom stereocenters. The molecule has 112 valence electrons. The van der Waals surface area contributed by atoms with E-state index in [1.807, 2.05) is 18.2 Å². The van der Waals surface area contributed by atoms with E-state index in [1.165, 1.54) is 20.4 Å². The summed E-state index contributed by atoms with van der Waals surface area (Å²) in [6, 6.07) is 5.08. The minimum Gasteiger partial charge on any atom is -0.480 e. The number of nitrogens with zero attached hydrogens (tertiary/aromatic N) is 2. The van der Waals surface area contributed by atoms with E-state index in [2.05, 4.69) is 31.3 Å². The summed E-state index contributed by atoms with van der Waals surface area (Å²) < 4.78 is 11.1. The van der Waals surface area contributed by atoms with Crippen LogP contribution in [0.4, 0.5) is 0 Å². The third kappa shape index (κ3) is 3.26. The lowest BCUT2D eigenvalue weighted by atomic mass is 10.0. The maximum atomic E-state index is 6.31. The van der Waals surface area contributed by atoms with E-state index in [4.69, 9.17) is 26.9 Å². The first-order valence-corrected chi connectivity index (χ1v) is 7.14. The molecule has 0 aliphatic rings. The normalized spacial score (nSPS) is 12.0. The molecule has 0 saturated heterocycles. The number of aromatic nitrogens is 2. The molecule has 6 nitrogen and oxygen atoms in total. The highest BCUT2D eigenvalue weighted by Gasteiger charge is 2.23. The minimum absolute atomic E-state index is 0.313. The van der Waals surface area contributed by atoms with Crippen LogP contribution in [0.3, 0.4) is 0 Å². The number of benzene rings is 1. The SMILES string of the molecule is COc1cnc(C(NN)c2cccc(Br)c2Cl)c(OC)n1. The van der Waals surface area contributed by atoms with Crippen molar-refractivity contribution in [3.63, 3.8) is 0 Å². The third-order valence-electron chi connectivity index (χ3n) is 2.88. The van der Waals surface area contributed by atoms with Gasteiger partial charge in [0, 0.05) is 4.47 Å². The van der Waals surface area contributed by atoms with Crippen LogP contribution in [0.1, 0.15) is 17.3 Å². The number of nitrogens with two attached hydrogens (primary N) is 1. The second kappa shape index (κ2) is 7.04. The van der Waals surface area contributed by atoms with Crippen LogP contribution in [-0.2, 0) is 0 Å². The zero-order valence-corrected chi connectivity index (χ0v) is 13.8. The third-order valence-corrected chi connectivity index (χ3v) is 4.19. The van der Waals surface area contributed by atoms with Gasteiger partial charge in [0.25, 0.3) is 0 Å². The average molecular weight is 374 g/mol. The van der Waals surface area contributed by atoms with Crippen molar-refractivity contribution in [2.45, 2.75) is 6.04 Å². The second-order valence-electron chi connectivity index (χ2n) is 4.05. The van der Waals surface area contributed by atoms with Crippen LogP contribution in [0.15, 0.2) is 28.9 Å². The molecule has 3 N–H and O–H groups in total. The summed E-state index contributed by atoms with van der Waals surface area (Å²) >= 11 is 9.70. The van der Waals surface area contributed by atoms with Crippen molar-refractivity contribution < 1.29 is 9.47 Å². The number of halogens is 2. The molecule has 2 rings (SSSR count). The van der Waals surface area contributed by atoms with Crippen molar-refractivity contribution in [1.29, 1.82) is 0 Å². The molecule has 1 unspecified atom stereocenters. The highest BCUT2D eigenvalue weighted by molar-refractivity contribution is 9.10. The van der Waals surface area contributed by atoms with Gasteiger partial charge in [0.05, 0.1) is 31.5 Å². The Morgan fingerprint density at radius 1 is 1.33 bits per heavy atom. The van der Waals surface area contributed by atoms with Gasteiger partial charge in [0.1, 0.15) is 5.69 Å². The van der Waals surface area contributed by atoms with Crippen LogP contribution in [0.2, 0.25) is 5.02 Å². The fourth-order valence-electron chi connectivity index (χ4n) is 1.87. The first-order chi connectivity index (χ1) is 10.1. The fourth-order valence-corrected chi connectivity index (χ4v) is 2.49. The number of nitrogens with one attached hydrogen (secondary N) is 1. The maximum absolute atomic E-state index is 6.31. The Bertz CT molecular complexity index is 642. The highest BCUT2D eigenvalue weighted by Crippen LogP contribution is 2.35. The summed E-state index contributed by atoms with van der Waals surface area (Å²) in [5.74, 6) is 6.34. The van der Waals surface area contributed by atoms with Gasteiger partial charge in [0.2, 0.25) is 11.8 Å². The van der Waals surface area contributed by atoms with Gasteiger partial charge in [-0.05, 0) is 27.6 Å². The van der Waals surface area contributed by atoms with Crippen LogP contribution in [0, 0.1) is 0 Å². The number of hydrazine groups is 1. The molecule has 0 saturated carbocycles. The number of rotatable bonds is 5. The van der Waals surface area contributed by atoms with Crippen LogP contribution >= 0.6 is 27.5 Å². The first kappa shape index (κ1) is 16.0. The fraction of sp³-hybridized carbons (Fsp3) is 0.231. The molecule has 0 aliphatic heterocycles. The predicted octanol–water partition coefficient (Wildman–Crippen LogP) is 2.46. The summed E-state index contributed by atoms with van der Waals surface area (Å²) in [6.07, 6.45) is 1.49. The van der Waals surface area contributed by atoms with Gasteiger partial charge >= 0.3 is 0 Å². The molecule has 1 aromatic carbocycles. The van der Waals surface area contributed by atoms with Gasteiger partial charge in [-0.25, -0.2) is 10.4 Å². The molecule has 21 heavy (non-hydrogen) atoms. The molecule has 0 aliphatic carbocycles. The molecule has 0 radical (unpaired) electrons. The summed E-state index contributed by atoms with van der Waals surface area (Å²) in [4.78, 5) is 8.51. The molecule has 0 fully saturated rings. The highest BCUT2D eigenvalue weighted by atomic mass is 79.9. The Kier molecular flexibility index (Phi) is 5.35. The lowest BCUT2D eigenvalue weighted by molar-refractivity contribution is 0.352. The monoisotopic (exact) mass is 372 g/mol. The van der Waals surface area contributed by atoms with Crippen molar-refractivity contribution in [2.75, 3.05) is 14.2 Å². The molecule has 8 heteroatoms. The zero-order valence-electron chi connectivity index (χ0n) is 11.4. The number of ether oxygens (including phenoxy) is 2. The van der Waals surface area contributed by atoms with Crippen LogP contribution in [0.25, 0.3) is 0 Å². The Morgan fingerprint density at radius 3 is 2.71 bits per heavy atom. The van der Waals surface area contributed by atoms with Crippen molar-refractivity contribution in [3.8, 4) is 11.8 Å². The smallest absolute Gasteiger partial charge is 0.240 e. The average Bonchev–Trinajstić information content (AvgIpc) is 2.52. The molecule has 1 heterocycles. The summed E-state index contributed by atoms with van der Waals surface area (Å²) in [7, 11) is 3.01. The summed E-state index contributed by atoms with van der Waals surface area (Å²) in [5, 5.41) is 0.542. The Balaban J connectivity index is 2.53.